The number of thiazole rings is 1. The van der Waals surface area contributed by atoms with Crippen molar-refractivity contribution >= 4 is 22.3 Å². The van der Waals surface area contributed by atoms with Crippen LogP contribution in [-0.2, 0) is 6.42 Å². The van der Waals surface area contributed by atoms with E-state index in [0.717, 1.165) is 41.0 Å². The molecular formula is C20H22N4S. The Morgan fingerprint density at radius 2 is 2.04 bits per heavy atom. The second kappa shape index (κ2) is 7.76. The minimum atomic E-state index is 0.695. The minimum absolute atomic E-state index is 0.695. The number of rotatable bonds is 5. The van der Waals surface area contributed by atoms with E-state index in [0.29, 0.717) is 5.92 Å². The van der Waals surface area contributed by atoms with Crippen LogP contribution in [0.2, 0.25) is 0 Å². The lowest BCUT2D eigenvalue weighted by atomic mass is 9.94. The summed E-state index contributed by atoms with van der Waals surface area (Å²) in [6, 6.07) is 16.5. The number of anilines is 2. The third-order valence-electron chi connectivity index (χ3n) is 4.50. The number of hydrogen-bond acceptors (Lipinski definition) is 5. The number of nitrogens with one attached hydrogen (secondary N) is 2. The first kappa shape index (κ1) is 16.2. The van der Waals surface area contributed by atoms with Crippen LogP contribution in [0.15, 0.2) is 54.7 Å². The molecule has 1 fully saturated rings. The van der Waals surface area contributed by atoms with E-state index in [1.807, 2.05) is 30.5 Å². The molecule has 2 N–H and O–H groups in total. The van der Waals surface area contributed by atoms with Crippen LogP contribution in [0.4, 0.5) is 10.9 Å². The van der Waals surface area contributed by atoms with Gasteiger partial charge >= 0.3 is 0 Å². The molecule has 4 rings (SSSR count). The molecule has 1 aliphatic heterocycles. The van der Waals surface area contributed by atoms with Gasteiger partial charge in [0.25, 0.3) is 0 Å². The average Bonchev–Trinajstić information content (AvgIpc) is 3.12. The van der Waals surface area contributed by atoms with Gasteiger partial charge in [0.15, 0.2) is 5.13 Å². The summed E-state index contributed by atoms with van der Waals surface area (Å²) >= 11 is 1.65. The van der Waals surface area contributed by atoms with Crippen LogP contribution in [-0.4, -0.2) is 23.1 Å². The van der Waals surface area contributed by atoms with Crippen molar-refractivity contribution in [3.8, 4) is 10.4 Å². The molecule has 1 aromatic carbocycles. The summed E-state index contributed by atoms with van der Waals surface area (Å²) < 4.78 is 0. The van der Waals surface area contributed by atoms with E-state index in [4.69, 9.17) is 4.98 Å². The Balaban J connectivity index is 1.44. The third kappa shape index (κ3) is 4.24. The SMILES string of the molecule is c1ccc(-c2cnc(Nc3cccc(CC4CCCNC4)n3)s2)cc1. The normalized spacial score (nSPS) is 17.4. The molecule has 4 nitrogen and oxygen atoms in total. The van der Waals surface area contributed by atoms with Crippen LogP contribution < -0.4 is 10.6 Å². The molecule has 3 aromatic rings. The van der Waals surface area contributed by atoms with Gasteiger partial charge < -0.3 is 10.6 Å². The number of benzene rings is 1. The second-order valence-electron chi connectivity index (χ2n) is 6.45. The van der Waals surface area contributed by atoms with Crippen LogP contribution in [0.25, 0.3) is 10.4 Å². The van der Waals surface area contributed by atoms with Gasteiger partial charge in [-0.25, -0.2) is 9.97 Å². The van der Waals surface area contributed by atoms with Crippen LogP contribution in [0.5, 0.6) is 0 Å². The van der Waals surface area contributed by atoms with Crippen molar-refractivity contribution in [2.75, 3.05) is 18.4 Å². The maximum absolute atomic E-state index is 4.77. The highest BCUT2D eigenvalue weighted by molar-refractivity contribution is 7.18. The largest absolute Gasteiger partial charge is 0.316 e. The van der Waals surface area contributed by atoms with Crippen molar-refractivity contribution in [2.24, 2.45) is 5.92 Å². The molecule has 25 heavy (non-hydrogen) atoms. The fraction of sp³-hybridized carbons (Fsp3) is 0.300. The van der Waals surface area contributed by atoms with Gasteiger partial charge in [-0.3, -0.25) is 0 Å². The lowest BCUT2D eigenvalue weighted by Crippen LogP contribution is -2.31. The maximum atomic E-state index is 4.77. The van der Waals surface area contributed by atoms with Crippen LogP contribution in [0, 0.1) is 5.92 Å². The van der Waals surface area contributed by atoms with Crippen molar-refractivity contribution in [2.45, 2.75) is 19.3 Å². The van der Waals surface area contributed by atoms with Crippen molar-refractivity contribution in [1.82, 2.24) is 15.3 Å². The monoisotopic (exact) mass is 350 g/mol. The third-order valence-corrected chi connectivity index (χ3v) is 5.46. The summed E-state index contributed by atoms with van der Waals surface area (Å²) in [6.45, 7) is 2.26. The zero-order valence-electron chi connectivity index (χ0n) is 14.1. The van der Waals surface area contributed by atoms with Gasteiger partial charge in [-0.15, -0.1) is 0 Å². The Morgan fingerprint density at radius 1 is 1.12 bits per heavy atom. The average molecular weight is 350 g/mol. The molecule has 128 valence electrons. The quantitative estimate of drug-likeness (QED) is 0.712. The van der Waals surface area contributed by atoms with Crippen LogP contribution >= 0.6 is 11.3 Å². The second-order valence-corrected chi connectivity index (χ2v) is 7.48. The molecule has 3 heterocycles. The number of nitrogens with zero attached hydrogens (tertiary/aromatic N) is 2. The van der Waals surface area contributed by atoms with Crippen molar-refractivity contribution in [1.29, 1.82) is 0 Å². The van der Waals surface area contributed by atoms with E-state index >= 15 is 0 Å². The molecule has 0 spiro atoms. The fourth-order valence-electron chi connectivity index (χ4n) is 3.23. The first-order valence-corrected chi connectivity index (χ1v) is 9.63. The van der Waals surface area contributed by atoms with Crippen LogP contribution in [0.1, 0.15) is 18.5 Å². The predicted octanol–water partition coefficient (Wildman–Crippen LogP) is 4.49. The molecule has 0 aliphatic carbocycles. The summed E-state index contributed by atoms with van der Waals surface area (Å²) in [4.78, 5) is 10.4. The fourth-order valence-corrected chi connectivity index (χ4v) is 4.06. The number of hydrogen-bond donors (Lipinski definition) is 2. The lowest BCUT2D eigenvalue weighted by molar-refractivity contribution is 0.373. The molecule has 0 saturated carbocycles. The van der Waals surface area contributed by atoms with E-state index in [1.165, 1.54) is 18.4 Å². The van der Waals surface area contributed by atoms with Crippen molar-refractivity contribution in [3.63, 3.8) is 0 Å². The summed E-state index contributed by atoms with van der Waals surface area (Å²) in [6.07, 6.45) is 5.51. The molecular weight excluding hydrogens is 328 g/mol. The smallest absolute Gasteiger partial charge is 0.188 e. The molecule has 1 atom stereocenters. The molecule has 1 unspecified atom stereocenters. The topological polar surface area (TPSA) is 49.8 Å². The Kier molecular flexibility index (Phi) is 5.04. The van der Waals surface area contributed by atoms with Crippen molar-refractivity contribution in [3.05, 3.63) is 60.4 Å². The first-order chi connectivity index (χ1) is 12.4. The van der Waals surface area contributed by atoms with E-state index in [9.17, 15) is 0 Å². The zero-order chi connectivity index (χ0) is 16.9. The molecule has 1 aliphatic rings. The number of pyridine rings is 1. The van der Waals surface area contributed by atoms with Gasteiger partial charge in [-0.05, 0) is 56.0 Å². The maximum Gasteiger partial charge on any atom is 0.188 e. The Hall–Kier alpha value is -2.24. The highest BCUT2D eigenvalue weighted by Crippen LogP contribution is 2.30. The standard InChI is InChI=1S/C20H22N4S/c1-2-7-16(8-3-1)18-14-22-20(25-18)24-19-10-4-9-17(23-19)12-15-6-5-11-21-13-15/h1-4,7-10,14-15,21H,5-6,11-13H2,(H,22,23,24). The summed E-state index contributed by atoms with van der Waals surface area (Å²) in [5, 5.41) is 7.71. The van der Waals surface area contributed by atoms with Crippen LogP contribution in [0.3, 0.4) is 0 Å². The zero-order valence-corrected chi connectivity index (χ0v) is 14.9. The van der Waals surface area contributed by atoms with E-state index < -0.39 is 0 Å². The van der Waals surface area contributed by atoms with E-state index in [1.54, 1.807) is 11.3 Å². The van der Waals surface area contributed by atoms with Gasteiger partial charge in [-0.2, -0.15) is 0 Å². The van der Waals surface area contributed by atoms with E-state index in [-0.39, 0.29) is 0 Å². The minimum Gasteiger partial charge on any atom is -0.316 e. The summed E-state index contributed by atoms with van der Waals surface area (Å²) in [7, 11) is 0. The predicted molar refractivity (Wildman–Crippen MR) is 104 cm³/mol. The molecule has 0 radical (unpaired) electrons. The van der Waals surface area contributed by atoms with Gasteiger partial charge in [-0.1, -0.05) is 47.7 Å². The van der Waals surface area contributed by atoms with Gasteiger partial charge in [0.05, 0.1) is 4.88 Å². The molecule has 5 heteroatoms. The van der Waals surface area contributed by atoms with Crippen molar-refractivity contribution < 1.29 is 0 Å². The van der Waals surface area contributed by atoms with E-state index in [2.05, 4.69) is 39.9 Å². The molecule has 0 amide bonds. The Labute approximate surface area is 152 Å². The molecule has 2 aromatic heterocycles. The Morgan fingerprint density at radius 3 is 2.88 bits per heavy atom. The molecule has 1 saturated heterocycles. The highest BCUT2D eigenvalue weighted by atomic mass is 32.1. The number of aromatic nitrogens is 2. The summed E-state index contributed by atoms with van der Waals surface area (Å²) in [5.74, 6) is 1.57. The molecule has 0 bridgehead atoms. The summed E-state index contributed by atoms with van der Waals surface area (Å²) in [5.41, 5.74) is 2.35. The van der Waals surface area contributed by atoms with Gasteiger partial charge in [0.1, 0.15) is 5.82 Å². The highest BCUT2D eigenvalue weighted by Gasteiger charge is 2.14. The van der Waals surface area contributed by atoms with Gasteiger partial charge in [0.2, 0.25) is 0 Å². The van der Waals surface area contributed by atoms with Gasteiger partial charge in [0, 0.05) is 11.9 Å². The lowest BCUT2D eigenvalue weighted by Gasteiger charge is -2.22. The number of piperidine rings is 1. The first-order valence-electron chi connectivity index (χ1n) is 8.82. The Bertz CT molecular complexity index is 809.